The number of likely N-dealkylation sites (N-methyl/N-ethyl adjacent to an activating group) is 1. The van der Waals surface area contributed by atoms with Gasteiger partial charge in [-0.1, -0.05) is 37.3 Å². The van der Waals surface area contributed by atoms with Crippen molar-refractivity contribution < 1.29 is 0 Å². The lowest BCUT2D eigenvalue weighted by Gasteiger charge is -2.28. The van der Waals surface area contributed by atoms with Gasteiger partial charge in [-0.3, -0.25) is 0 Å². The number of hydrogen-bond donors (Lipinski definition) is 1. The van der Waals surface area contributed by atoms with Crippen molar-refractivity contribution >= 4 is 0 Å². The van der Waals surface area contributed by atoms with Crippen LogP contribution in [0.15, 0.2) is 42.7 Å². The van der Waals surface area contributed by atoms with Crippen molar-refractivity contribution in [3.63, 3.8) is 0 Å². The molecule has 2 aromatic rings. The Morgan fingerprint density at radius 2 is 2.00 bits per heavy atom. The molecule has 1 heterocycles. The lowest BCUT2D eigenvalue weighted by atomic mass is 9.87. The van der Waals surface area contributed by atoms with Crippen molar-refractivity contribution in [2.24, 2.45) is 0 Å². The monoisotopic (exact) mass is 269 g/mol. The Kier molecular flexibility index (Phi) is 3.62. The summed E-state index contributed by atoms with van der Waals surface area (Å²) in [5, 5.41) is 3.68. The molecule has 1 unspecified atom stereocenters. The third kappa shape index (κ3) is 2.16. The van der Waals surface area contributed by atoms with Crippen molar-refractivity contribution in [1.82, 2.24) is 14.9 Å². The molecule has 0 radical (unpaired) electrons. The van der Waals surface area contributed by atoms with Gasteiger partial charge in [0.2, 0.25) is 0 Å². The molecular formula is C17H23N3. The third-order valence-electron chi connectivity index (χ3n) is 4.44. The van der Waals surface area contributed by atoms with Crippen molar-refractivity contribution in [3.05, 3.63) is 54.1 Å². The van der Waals surface area contributed by atoms with Gasteiger partial charge in [0.1, 0.15) is 5.82 Å². The van der Waals surface area contributed by atoms with Gasteiger partial charge in [0.25, 0.3) is 0 Å². The molecule has 1 fully saturated rings. The zero-order valence-corrected chi connectivity index (χ0v) is 12.3. The van der Waals surface area contributed by atoms with Crippen molar-refractivity contribution in [2.75, 3.05) is 6.54 Å². The molecule has 1 aromatic heterocycles. The topological polar surface area (TPSA) is 29.9 Å². The Labute approximate surface area is 121 Å². The second-order valence-electron chi connectivity index (χ2n) is 5.58. The average molecular weight is 269 g/mol. The minimum atomic E-state index is 0.232. The summed E-state index contributed by atoms with van der Waals surface area (Å²) < 4.78 is 2.26. The van der Waals surface area contributed by atoms with Gasteiger partial charge < -0.3 is 9.88 Å². The summed E-state index contributed by atoms with van der Waals surface area (Å²) >= 11 is 0. The predicted octanol–water partition coefficient (Wildman–Crippen LogP) is 3.29. The van der Waals surface area contributed by atoms with Gasteiger partial charge in [0.05, 0.1) is 6.04 Å². The van der Waals surface area contributed by atoms with Gasteiger partial charge in [0.15, 0.2) is 0 Å². The molecule has 20 heavy (non-hydrogen) atoms. The fraction of sp³-hybridized carbons (Fsp3) is 0.471. The molecule has 0 saturated heterocycles. The first-order valence-electron chi connectivity index (χ1n) is 7.61. The maximum Gasteiger partial charge on any atom is 0.126 e. The highest BCUT2D eigenvalue weighted by Crippen LogP contribution is 2.56. The standard InChI is InChI=1S/C17H23N3/c1-3-18-15(16-19-12-13-20(16)4-2)17(10-11-17)14-8-6-5-7-9-14/h5-9,12-13,15,18H,3-4,10-11H2,1-2H3. The van der Waals surface area contributed by atoms with Gasteiger partial charge in [-0.05, 0) is 31.9 Å². The zero-order valence-electron chi connectivity index (χ0n) is 12.3. The highest BCUT2D eigenvalue weighted by molar-refractivity contribution is 5.35. The lowest BCUT2D eigenvalue weighted by molar-refractivity contribution is 0.405. The summed E-state index contributed by atoms with van der Waals surface area (Å²) in [6.45, 7) is 6.29. The SMILES string of the molecule is CCNC(c1nccn1CC)C1(c2ccccc2)CC1. The van der Waals surface area contributed by atoms with Crippen LogP contribution in [0.5, 0.6) is 0 Å². The van der Waals surface area contributed by atoms with E-state index in [1.807, 2.05) is 6.20 Å². The quantitative estimate of drug-likeness (QED) is 0.872. The van der Waals surface area contributed by atoms with Crippen LogP contribution in [0.4, 0.5) is 0 Å². The molecule has 0 amide bonds. The van der Waals surface area contributed by atoms with Gasteiger partial charge >= 0.3 is 0 Å². The Bertz CT molecular complexity index is 555. The molecule has 0 bridgehead atoms. The van der Waals surface area contributed by atoms with E-state index in [0.717, 1.165) is 13.1 Å². The van der Waals surface area contributed by atoms with Crippen LogP contribution in [0, 0.1) is 0 Å². The second-order valence-corrected chi connectivity index (χ2v) is 5.58. The summed E-state index contributed by atoms with van der Waals surface area (Å²) in [5.41, 5.74) is 1.67. The predicted molar refractivity (Wildman–Crippen MR) is 81.7 cm³/mol. The molecule has 3 nitrogen and oxygen atoms in total. The Morgan fingerprint density at radius 3 is 2.60 bits per heavy atom. The maximum absolute atomic E-state index is 4.64. The number of aryl methyl sites for hydroxylation is 1. The lowest BCUT2D eigenvalue weighted by Crippen LogP contribution is -2.34. The van der Waals surface area contributed by atoms with Crippen LogP contribution >= 0.6 is 0 Å². The van der Waals surface area contributed by atoms with E-state index in [9.17, 15) is 0 Å². The van der Waals surface area contributed by atoms with Crippen LogP contribution in [-0.2, 0) is 12.0 Å². The Morgan fingerprint density at radius 1 is 1.25 bits per heavy atom. The number of hydrogen-bond acceptors (Lipinski definition) is 2. The first-order chi connectivity index (χ1) is 9.81. The number of benzene rings is 1. The number of nitrogens with one attached hydrogen (secondary N) is 1. The summed E-state index contributed by atoms with van der Waals surface area (Å²) in [6, 6.07) is 11.2. The first kappa shape index (κ1) is 13.4. The summed E-state index contributed by atoms with van der Waals surface area (Å²) in [6.07, 6.45) is 6.49. The fourth-order valence-corrected chi connectivity index (χ4v) is 3.24. The second kappa shape index (κ2) is 5.41. The minimum Gasteiger partial charge on any atom is -0.334 e. The minimum absolute atomic E-state index is 0.232. The normalized spacial score (nSPS) is 17.9. The molecule has 106 valence electrons. The molecule has 1 aliphatic carbocycles. The van der Waals surface area contributed by atoms with Crippen LogP contribution in [-0.4, -0.2) is 16.1 Å². The molecule has 0 aliphatic heterocycles. The van der Waals surface area contributed by atoms with Gasteiger partial charge in [-0.25, -0.2) is 4.98 Å². The fourth-order valence-electron chi connectivity index (χ4n) is 3.24. The van der Waals surface area contributed by atoms with Crippen LogP contribution < -0.4 is 5.32 Å². The maximum atomic E-state index is 4.64. The molecule has 1 N–H and O–H groups in total. The summed E-state index contributed by atoms with van der Waals surface area (Å²) in [4.78, 5) is 4.64. The first-order valence-corrected chi connectivity index (χ1v) is 7.61. The van der Waals surface area contributed by atoms with Crippen molar-refractivity contribution in [3.8, 4) is 0 Å². The van der Waals surface area contributed by atoms with E-state index in [4.69, 9.17) is 0 Å². The van der Waals surface area contributed by atoms with E-state index in [0.29, 0.717) is 6.04 Å². The third-order valence-corrected chi connectivity index (χ3v) is 4.44. The number of aromatic nitrogens is 2. The zero-order chi connectivity index (χ0) is 14.0. The molecule has 1 saturated carbocycles. The van der Waals surface area contributed by atoms with Gasteiger partial charge in [-0.2, -0.15) is 0 Å². The largest absolute Gasteiger partial charge is 0.334 e. The van der Waals surface area contributed by atoms with E-state index < -0.39 is 0 Å². The highest BCUT2D eigenvalue weighted by atomic mass is 15.1. The number of nitrogens with zero attached hydrogens (tertiary/aromatic N) is 2. The molecule has 3 rings (SSSR count). The summed E-state index contributed by atoms with van der Waals surface area (Å²) in [7, 11) is 0. The molecular weight excluding hydrogens is 246 g/mol. The Balaban J connectivity index is 1.99. The van der Waals surface area contributed by atoms with E-state index in [-0.39, 0.29) is 5.41 Å². The van der Waals surface area contributed by atoms with Crippen LogP contribution in [0.1, 0.15) is 44.1 Å². The number of imidazole rings is 1. The molecule has 3 heteroatoms. The van der Waals surface area contributed by atoms with Crippen LogP contribution in [0.3, 0.4) is 0 Å². The van der Waals surface area contributed by atoms with E-state index in [2.05, 4.69) is 65.2 Å². The van der Waals surface area contributed by atoms with Crippen molar-refractivity contribution in [2.45, 2.75) is 44.7 Å². The summed E-state index contributed by atoms with van der Waals surface area (Å²) in [5.74, 6) is 1.18. The van der Waals surface area contributed by atoms with Gasteiger partial charge in [0, 0.05) is 24.4 Å². The molecule has 1 aliphatic rings. The number of rotatable bonds is 6. The Hall–Kier alpha value is -1.61. The smallest absolute Gasteiger partial charge is 0.126 e. The van der Waals surface area contributed by atoms with E-state index in [1.165, 1.54) is 24.2 Å². The average Bonchev–Trinajstić information content (AvgIpc) is 3.17. The molecule has 1 aromatic carbocycles. The highest BCUT2D eigenvalue weighted by Gasteiger charge is 2.52. The van der Waals surface area contributed by atoms with E-state index >= 15 is 0 Å². The molecule has 0 spiro atoms. The van der Waals surface area contributed by atoms with Gasteiger partial charge in [-0.15, -0.1) is 0 Å². The molecule has 1 atom stereocenters. The van der Waals surface area contributed by atoms with Crippen LogP contribution in [0.25, 0.3) is 0 Å². The van der Waals surface area contributed by atoms with E-state index in [1.54, 1.807) is 0 Å². The van der Waals surface area contributed by atoms with Crippen LogP contribution in [0.2, 0.25) is 0 Å². The van der Waals surface area contributed by atoms with Crippen molar-refractivity contribution in [1.29, 1.82) is 0 Å².